The van der Waals surface area contributed by atoms with Gasteiger partial charge in [0.25, 0.3) is 0 Å². The number of aliphatic hydroxyl groups excluding tert-OH is 1. The summed E-state index contributed by atoms with van der Waals surface area (Å²) in [6.07, 6.45) is -0.731. The molecule has 1 aliphatic heterocycles. The molecule has 1 aliphatic rings. The number of Topliss-reactive ketones (excluding diaryl/α,β-unsaturated/α-hetero) is 2. The molecule has 2 atom stereocenters. The number of halogens is 2. The highest BCUT2D eigenvalue weighted by Gasteiger charge is 2.35. The molecule has 1 saturated heterocycles. The smallest absolute Gasteiger partial charge is 0.178 e. The summed E-state index contributed by atoms with van der Waals surface area (Å²) in [6.45, 7) is 1.12. The third-order valence-corrected chi connectivity index (χ3v) is 6.91. The van der Waals surface area contributed by atoms with E-state index >= 15 is 0 Å². The fraction of sp³-hybridized carbons (Fsp3) is 0.429. The first-order chi connectivity index (χ1) is 14.7. The Morgan fingerprint density at radius 1 is 1.19 bits per heavy atom. The molecule has 0 unspecified atom stereocenters. The van der Waals surface area contributed by atoms with E-state index in [1.807, 2.05) is 11.9 Å². The van der Waals surface area contributed by atoms with Crippen molar-refractivity contribution in [2.24, 2.45) is 0 Å². The summed E-state index contributed by atoms with van der Waals surface area (Å²) in [5.74, 6) is -1.56. The number of phenolic OH excluding ortho intramolecular Hbond substituents is 1. The first kappa shape index (κ1) is 23.8. The van der Waals surface area contributed by atoms with Gasteiger partial charge in [-0.2, -0.15) is 0 Å². The third kappa shape index (κ3) is 4.83. The number of hydrogen-bond acceptors (Lipinski definition) is 8. The molecule has 10 heteroatoms. The topological polar surface area (TPSA) is 96.3 Å². The highest BCUT2D eigenvalue weighted by Crippen LogP contribution is 2.46. The number of β-amino-alcohol motifs (C(OH)–C–C–N with tert-alkyl or cyclic N) is 1. The maximum Gasteiger partial charge on any atom is 0.178 e. The van der Waals surface area contributed by atoms with Gasteiger partial charge in [-0.3, -0.25) is 9.59 Å². The lowest BCUT2D eigenvalue weighted by atomic mass is 9.84. The summed E-state index contributed by atoms with van der Waals surface area (Å²) in [7, 11) is 4.69. The van der Waals surface area contributed by atoms with Gasteiger partial charge in [0.1, 0.15) is 27.1 Å². The SMILES string of the molecule is COc1cc(OC)c([C@H]2CCN(C)C[C@H]2O)c(O)c1C(=O)CC(=O)c1cc(Cl)sc1Cl. The summed E-state index contributed by atoms with van der Waals surface area (Å²) in [5, 5.41) is 21.7. The van der Waals surface area contributed by atoms with E-state index in [1.54, 1.807) is 0 Å². The number of likely N-dealkylation sites (tertiary alicyclic amines) is 1. The molecule has 7 nitrogen and oxygen atoms in total. The maximum absolute atomic E-state index is 13.1. The van der Waals surface area contributed by atoms with Crippen molar-refractivity contribution < 1.29 is 29.3 Å². The Bertz CT molecular complexity index is 1010. The summed E-state index contributed by atoms with van der Waals surface area (Å²) in [4.78, 5) is 27.7. The van der Waals surface area contributed by atoms with Crippen molar-refractivity contribution in [3.8, 4) is 17.2 Å². The van der Waals surface area contributed by atoms with Crippen LogP contribution in [0.5, 0.6) is 17.2 Å². The van der Waals surface area contributed by atoms with Crippen LogP contribution in [0, 0.1) is 0 Å². The van der Waals surface area contributed by atoms with Crippen molar-refractivity contribution in [3.05, 3.63) is 37.5 Å². The standard InChI is InChI=1S/C21H23Cl2NO6S/c1-24-5-4-10(14(27)9-24)18-15(29-2)8-16(30-3)19(20(18)28)13(26)7-12(25)11-6-17(22)31-21(11)23/h6,8,10,14,27-28H,4-5,7,9H2,1-3H3/t10-,14+/m0/s1. The van der Waals surface area contributed by atoms with E-state index in [4.69, 9.17) is 32.7 Å². The number of rotatable bonds is 7. The van der Waals surface area contributed by atoms with Crippen molar-refractivity contribution >= 4 is 46.1 Å². The number of aliphatic hydroxyl groups is 1. The lowest BCUT2D eigenvalue weighted by Gasteiger charge is -2.35. The molecule has 2 aromatic rings. The van der Waals surface area contributed by atoms with Crippen LogP contribution in [0.2, 0.25) is 8.67 Å². The third-order valence-electron chi connectivity index (χ3n) is 5.42. The molecule has 168 valence electrons. The summed E-state index contributed by atoms with van der Waals surface area (Å²) >= 11 is 13.0. The van der Waals surface area contributed by atoms with E-state index in [0.717, 1.165) is 11.3 Å². The molecule has 1 fully saturated rings. The van der Waals surface area contributed by atoms with E-state index in [0.29, 0.717) is 35.2 Å². The van der Waals surface area contributed by atoms with Crippen molar-refractivity contribution in [1.82, 2.24) is 4.90 Å². The number of phenols is 1. The predicted octanol–water partition coefficient (Wildman–Crippen LogP) is 4.01. The van der Waals surface area contributed by atoms with E-state index in [-0.39, 0.29) is 27.0 Å². The number of likely N-dealkylation sites (N-methyl/N-ethyl adjacent to an activating group) is 1. The van der Waals surface area contributed by atoms with Gasteiger partial charge in [-0.15, -0.1) is 11.3 Å². The number of hydrogen-bond donors (Lipinski definition) is 2. The van der Waals surface area contributed by atoms with Gasteiger partial charge < -0.3 is 24.6 Å². The predicted molar refractivity (Wildman–Crippen MR) is 120 cm³/mol. The second kappa shape index (κ2) is 9.75. The van der Waals surface area contributed by atoms with Crippen LogP contribution in [0.25, 0.3) is 0 Å². The molecule has 0 spiro atoms. The minimum atomic E-state index is -0.761. The molecule has 0 radical (unpaired) electrons. The van der Waals surface area contributed by atoms with E-state index in [1.165, 1.54) is 26.4 Å². The van der Waals surface area contributed by atoms with Gasteiger partial charge in [-0.1, -0.05) is 23.2 Å². The molecule has 2 heterocycles. The van der Waals surface area contributed by atoms with Crippen LogP contribution in [0.1, 0.15) is 45.0 Å². The molecule has 0 aliphatic carbocycles. The van der Waals surface area contributed by atoms with Gasteiger partial charge in [0.2, 0.25) is 0 Å². The second-order valence-electron chi connectivity index (χ2n) is 7.40. The van der Waals surface area contributed by atoms with Crippen LogP contribution in [0.3, 0.4) is 0 Å². The first-order valence-corrected chi connectivity index (χ1v) is 11.1. The zero-order chi connectivity index (χ0) is 22.9. The Balaban J connectivity index is 2.01. The Hall–Kier alpha value is -1.84. The fourth-order valence-corrected chi connectivity index (χ4v) is 5.38. The number of piperidine rings is 1. The molecule has 1 aromatic carbocycles. The number of thiophene rings is 1. The van der Waals surface area contributed by atoms with Crippen molar-refractivity contribution in [1.29, 1.82) is 0 Å². The summed E-state index contributed by atoms with van der Waals surface area (Å²) < 4.78 is 11.3. The van der Waals surface area contributed by atoms with Gasteiger partial charge in [-0.05, 0) is 26.1 Å². The molecule has 0 bridgehead atoms. The van der Waals surface area contributed by atoms with Crippen LogP contribution < -0.4 is 9.47 Å². The van der Waals surface area contributed by atoms with E-state index < -0.39 is 30.0 Å². The monoisotopic (exact) mass is 487 g/mol. The molecule has 31 heavy (non-hydrogen) atoms. The minimum Gasteiger partial charge on any atom is -0.507 e. The normalized spacial score (nSPS) is 19.3. The zero-order valence-corrected chi connectivity index (χ0v) is 19.6. The molecule has 1 aromatic heterocycles. The van der Waals surface area contributed by atoms with E-state index in [9.17, 15) is 19.8 Å². The highest BCUT2D eigenvalue weighted by atomic mass is 35.5. The Labute approximate surface area is 194 Å². The minimum absolute atomic E-state index is 0.0766. The summed E-state index contributed by atoms with van der Waals surface area (Å²) in [6, 6.07) is 2.90. The highest BCUT2D eigenvalue weighted by molar-refractivity contribution is 7.20. The van der Waals surface area contributed by atoms with Crippen LogP contribution in [-0.2, 0) is 0 Å². The maximum atomic E-state index is 13.1. The number of nitrogens with zero attached hydrogens (tertiary/aromatic N) is 1. The molecular weight excluding hydrogens is 465 g/mol. The van der Waals surface area contributed by atoms with Gasteiger partial charge in [0.15, 0.2) is 11.6 Å². The largest absolute Gasteiger partial charge is 0.507 e. The molecular formula is C21H23Cl2NO6S. The Morgan fingerprint density at radius 3 is 2.42 bits per heavy atom. The number of ketones is 2. The van der Waals surface area contributed by atoms with Crippen LogP contribution in [0.4, 0.5) is 0 Å². The quantitative estimate of drug-likeness (QED) is 0.449. The number of ether oxygens (including phenoxy) is 2. The average Bonchev–Trinajstić information content (AvgIpc) is 3.05. The fourth-order valence-electron chi connectivity index (χ4n) is 3.88. The van der Waals surface area contributed by atoms with E-state index in [2.05, 4.69) is 0 Å². The van der Waals surface area contributed by atoms with Crippen molar-refractivity contribution in [2.75, 3.05) is 34.4 Å². The molecule has 0 amide bonds. The number of methoxy groups -OCH3 is 2. The Morgan fingerprint density at radius 2 is 1.87 bits per heavy atom. The zero-order valence-electron chi connectivity index (χ0n) is 17.3. The molecule has 0 saturated carbocycles. The van der Waals surface area contributed by atoms with Gasteiger partial charge >= 0.3 is 0 Å². The van der Waals surface area contributed by atoms with Crippen molar-refractivity contribution in [3.63, 3.8) is 0 Å². The van der Waals surface area contributed by atoms with Crippen LogP contribution in [-0.4, -0.2) is 67.1 Å². The second-order valence-corrected chi connectivity index (χ2v) is 9.69. The molecule has 2 N–H and O–H groups in total. The van der Waals surface area contributed by atoms with Crippen LogP contribution in [0.15, 0.2) is 12.1 Å². The summed E-state index contributed by atoms with van der Waals surface area (Å²) in [5.41, 5.74) is 0.356. The van der Waals surface area contributed by atoms with Gasteiger partial charge in [0.05, 0.1) is 31.1 Å². The lowest BCUT2D eigenvalue weighted by molar-refractivity contribution is 0.0618. The number of carbonyl (C=O) groups is 2. The lowest BCUT2D eigenvalue weighted by Crippen LogP contribution is -2.40. The Kier molecular flexibility index (Phi) is 7.49. The van der Waals surface area contributed by atoms with Gasteiger partial charge in [-0.25, -0.2) is 0 Å². The average molecular weight is 488 g/mol. The number of aromatic hydroxyl groups is 1. The number of carbonyl (C=O) groups excluding carboxylic acids is 2. The van der Waals surface area contributed by atoms with Gasteiger partial charge in [0, 0.05) is 29.7 Å². The first-order valence-electron chi connectivity index (χ1n) is 9.53. The van der Waals surface area contributed by atoms with Crippen LogP contribution >= 0.6 is 34.5 Å². The molecule has 3 rings (SSSR count). The number of benzene rings is 1. The van der Waals surface area contributed by atoms with Crippen molar-refractivity contribution in [2.45, 2.75) is 24.9 Å².